The van der Waals surface area contributed by atoms with Crippen LogP contribution < -0.4 is 10.1 Å². The Labute approximate surface area is 113 Å². The summed E-state index contributed by atoms with van der Waals surface area (Å²) in [6.45, 7) is 4.22. The Bertz CT molecular complexity index is 435. The minimum Gasteiger partial charge on any atom is -0.493 e. The lowest BCUT2D eigenvalue weighted by atomic mass is 10.1. The molecule has 1 aliphatic rings. The van der Waals surface area contributed by atoms with E-state index < -0.39 is 5.54 Å². The van der Waals surface area contributed by atoms with E-state index in [1.807, 2.05) is 12.1 Å². The molecule has 19 heavy (non-hydrogen) atoms. The molecule has 2 rings (SSSR count). The number of nitrogens with one attached hydrogen (secondary N) is 1. The molecule has 0 atom stereocenters. The summed E-state index contributed by atoms with van der Waals surface area (Å²) in [4.78, 5) is 11.9. The molecule has 1 aromatic rings. The molecule has 1 amide bonds. The first-order valence-corrected chi connectivity index (χ1v) is 6.66. The highest BCUT2D eigenvalue weighted by Crippen LogP contribution is 2.29. The third-order valence-corrected chi connectivity index (χ3v) is 3.15. The highest BCUT2D eigenvalue weighted by atomic mass is 16.5. The summed E-state index contributed by atoms with van der Waals surface area (Å²) < 4.78 is 5.62. The van der Waals surface area contributed by atoms with Crippen molar-refractivity contribution in [2.75, 3.05) is 13.2 Å². The molecule has 0 radical (unpaired) electrons. The van der Waals surface area contributed by atoms with Crippen LogP contribution in [0.5, 0.6) is 5.75 Å². The standard InChI is InChI=1S/C15H21NO3/c1-15(2,10-17)16-14(18)12-5-7-13(8-6-12)19-9-11-3-4-11/h5-8,11,17H,3-4,9-10H2,1-2H3,(H,16,18). The first-order chi connectivity index (χ1) is 9.00. The molecular weight excluding hydrogens is 242 g/mol. The summed E-state index contributed by atoms with van der Waals surface area (Å²) in [6.07, 6.45) is 2.52. The topological polar surface area (TPSA) is 58.6 Å². The molecule has 0 aromatic heterocycles. The van der Waals surface area contributed by atoms with Gasteiger partial charge in [-0.3, -0.25) is 4.79 Å². The Kier molecular flexibility index (Phi) is 4.10. The van der Waals surface area contributed by atoms with E-state index in [0.29, 0.717) is 11.5 Å². The molecule has 1 fully saturated rings. The van der Waals surface area contributed by atoms with Crippen LogP contribution in [0.1, 0.15) is 37.0 Å². The van der Waals surface area contributed by atoms with Crippen LogP contribution in [-0.2, 0) is 0 Å². The van der Waals surface area contributed by atoms with Crippen LogP contribution in [0, 0.1) is 5.92 Å². The van der Waals surface area contributed by atoms with Crippen LogP contribution in [0.4, 0.5) is 0 Å². The number of carbonyl (C=O) groups is 1. The van der Waals surface area contributed by atoms with Gasteiger partial charge in [-0.05, 0) is 56.9 Å². The Morgan fingerprint density at radius 1 is 1.37 bits per heavy atom. The van der Waals surface area contributed by atoms with Crippen molar-refractivity contribution in [3.63, 3.8) is 0 Å². The summed E-state index contributed by atoms with van der Waals surface area (Å²) in [5.41, 5.74) is -0.0431. The number of aliphatic hydroxyl groups is 1. The maximum Gasteiger partial charge on any atom is 0.251 e. The minimum absolute atomic E-state index is 0.0959. The molecular formula is C15H21NO3. The number of amides is 1. The van der Waals surface area contributed by atoms with Crippen molar-refractivity contribution in [2.24, 2.45) is 5.92 Å². The van der Waals surface area contributed by atoms with Gasteiger partial charge in [0.2, 0.25) is 0 Å². The second kappa shape index (κ2) is 5.61. The van der Waals surface area contributed by atoms with Crippen LogP contribution >= 0.6 is 0 Å². The van der Waals surface area contributed by atoms with Crippen molar-refractivity contribution >= 4 is 5.91 Å². The van der Waals surface area contributed by atoms with Gasteiger partial charge in [-0.15, -0.1) is 0 Å². The fourth-order valence-electron chi connectivity index (χ4n) is 1.62. The van der Waals surface area contributed by atoms with Crippen LogP contribution in [0.15, 0.2) is 24.3 Å². The maximum absolute atomic E-state index is 11.9. The van der Waals surface area contributed by atoms with Crippen molar-refractivity contribution in [3.05, 3.63) is 29.8 Å². The summed E-state index contributed by atoms with van der Waals surface area (Å²) in [5.74, 6) is 1.32. The van der Waals surface area contributed by atoms with E-state index in [4.69, 9.17) is 9.84 Å². The normalized spacial score (nSPS) is 15.1. The van der Waals surface area contributed by atoms with Crippen molar-refractivity contribution < 1.29 is 14.6 Å². The van der Waals surface area contributed by atoms with Gasteiger partial charge in [0.05, 0.1) is 18.8 Å². The lowest BCUT2D eigenvalue weighted by molar-refractivity contribution is 0.0869. The van der Waals surface area contributed by atoms with Crippen LogP contribution in [0.2, 0.25) is 0 Å². The average molecular weight is 263 g/mol. The SMILES string of the molecule is CC(C)(CO)NC(=O)c1ccc(OCC2CC2)cc1. The average Bonchev–Trinajstić information content (AvgIpc) is 3.20. The molecule has 0 saturated heterocycles. The fraction of sp³-hybridized carbons (Fsp3) is 0.533. The van der Waals surface area contributed by atoms with Gasteiger partial charge in [0, 0.05) is 5.56 Å². The number of aliphatic hydroxyl groups excluding tert-OH is 1. The van der Waals surface area contributed by atoms with Gasteiger partial charge >= 0.3 is 0 Å². The second-order valence-corrected chi connectivity index (χ2v) is 5.77. The van der Waals surface area contributed by atoms with E-state index in [-0.39, 0.29) is 12.5 Å². The van der Waals surface area contributed by atoms with Crippen molar-refractivity contribution in [2.45, 2.75) is 32.2 Å². The molecule has 0 bridgehead atoms. The largest absolute Gasteiger partial charge is 0.493 e. The molecule has 4 heteroatoms. The zero-order valence-corrected chi connectivity index (χ0v) is 11.5. The smallest absolute Gasteiger partial charge is 0.251 e. The molecule has 4 nitrogen and oxygen atoms in total. The Balaban J connectivity index is 1.91. The third-order valence-electron chi connectivity index (χ3n) is 3.15. The Hall–Kier alpha value is -1.55. The van der Waals surface area contributed by atoms with Gasteiger partial charge in [-0.1, -0.05) is 0 Å². The predicted molar refractivity (Wildman–Crippen MR) is 73.3 cm³/mol. The summed E-state index contributed by atoms with van der Waals surface area (Å²) in [6, 6.07) is 7.10. The summed E-state index contributed by atoms with van der Waals surface area (Å²) in [7, 11) is 0. The fourth-order valence-corrected chi connectivity index (χ4v) is 1.62. The van der Waals surface area contributed by atoms with Gasteiger partial charge in [0.25, 0.3) is 5.91 Å². The number of benzene rings is 1. The predicted octanol–water partition coefficient (Wildman–Crippen LogP) is 1.98. The molecule has 0 unspecified atom stereocenters. The van der Waals surface area contributed by atoms with Crippen LogP contribution in [0.3, 0.4) is 0 Å². The maximum atomic E-state index is 11.9. The molecule has 0 aliphatic heterocycles. The van der Waals surface area contributed by atoms with Crippen molar-refractivity contribution in [1.29, 1.82) is 0 Å². The molecule has 1 saturated carbocycles. The van der Waals surface area contributed by atoms with E-state index in [2.05, 4.69) is 5.32 Å². The van der Waals surface area contributed by atoms with E-state index in [1.54, 1.807) is 26.0 Å². The molecule has 1 aromatic carbocycles. The molecule has 1 aliphatic carbocycles. The number of hydrogen-bond donors (Lipinski definition) is 2. The van der Waals surface area contributed by atoms with E-state index >= 15 is 0 Å². The van der Waals surface area contributed by atoms with Crippen LogP contribution in [0.25, 0.3) is 0 Å². The highest BCUT2D eigenvalue weighted by molar-refractivity contribution is 5.94. The Morgan fingerprint density at radius 3 is 2.53 bits per heavy atom. The van der Waals surface area contributed by atoms with Gasteiger partial charge < -0.3 is 15.2 Å². The zero-order valence-electron chi connectivity index (χ0n) is 11.5. The zero-order chi connectivity index (χ0) is 13.9. The molecule has 104 valence electrons. The lowest BCUT2D eigenvalue weighted by Crippen LogP contribution is -2.46. The minimum atomic E-state index is -0.613. The first-order valence-electron chi connectivity index (χ1n) is 6.66. The van der Waals surface area contributed by atoms with Crippen molar-refractivity contribution in [1.82, 2.24) is 5.32 Å². The highest BCUT2D eigenvalue weighted by Gasteiger charge is 2.22. The van der Waals surface area contributed by atoms with E-state index in [1.165, 1.54) is 12.8 Å². The van der Waals surface area contributed by atoms with Gasteiger partial charge in [-0.25, -0.2) is 0 Å². The first kappa shape index (κ1) is 13.9. The Morgan fingerprint density at radius 2 is 2.00 bits per heavy atom. The summed E-state index contributed by atoms with van der Waals surface area (Å²) in [5, 5.41) is 11.9. The number of hydrogen-bond acceptors (Lipinski definition) is 3. The number of carbonyl (C=O) groups excluding carboxylic acids is 1. The van der Waals surface area contributed by atoms with Gasteiger partial charge in [0.1, 0.15) is 5.75 Å². The van der Waals surface area contributed by atoms with E-state index in [9.17, 15) is 4.79 Å². The molecule has 0 heterocycles. The van der Waals surface area contributed by atoms with Gasteiger partial charge in [-0.2, -0.15) is 0 Å². The van der Waals surface area contributed by atoms with E-state index in [0.717, 1.165) is 12.4 Å². The number of rotatable bonds is 6. The monoisotopic (exact) mass is 263 g/mol. The second-order valence-electron chi connectivity index (χ2n) is 5.77. The van der Waals surface area contributed by atoms with Gasteiger partial charge in [0.15, 0.2) is 0 Å². The molecule has 2 N–H and O–H groups in total. The number of ether oxygens (including phenoxy) is 1. The molecule has 0 spiro atoms. The van der Waals surface area contributed by atoms with Crippen LogP contribution in [-0.4, -0.2) is 29.8 Å². The van der Waals surface area contributed by atoms with Crippen molar-refractivity contribution in [3.8, 4) is 5.75 Å². The summed E-state index contributed by atoms with van der Waals surface area (Å²) >= 11 is 0. The lowest BCUT2D eigenvalue weighted by Gasteiger charge is -2.23. The quantitative estimate of drug-likeness (QED) is 0.825. The third kappa shape index (κ3) is 4.24.